The normalized spacial score (nSPS) is 14.4. The summed E-state index contributed by atoms with van der Waals surface area (Å²) in [6.07, 6.45) is -4.53. The van der Waals surface area contributed by atoms with E-state index in [4.69, 9.17) is 22.5 Å². The van der Waals surface area contributed by atoms with Crippen LogP contribution in [0.4, 0.5) is 18.9 Å². The summed E-state index contributed by atoms with van der Waals surface area (Å²) in [5.74, 6) is -0.140. The van der Waals surface area contributed by atoms with E-state index in [2.05, 4.69) is 10.5 Å². The van der Waals surface area contributed by atoms with E-state index < -0.39 is 17.8 Å². The molecular formula is C10H11ClF3N3O. The maximum absolute atomic E-state index is 12.6. The van der Waals surface area contributed by atoms with Crippen molar-refractivity contribution in [3.05, 3.63) is 28.8 Å². The number of halogens is 4. The van der Waals surface area contributed by atoms with Gasteiger partial charge in [-0.05, 0) is 25.1 Å². The highest BCUT2D eigenvalue weighted by Crippen LogP contribution is 2.36. The van der Waals surface area contributed by atoms with Crippen molar-refractivity contribution in [2.24, 2.45) is 10.9 Å². The summed E-state index contributed by atoms with van der Waals surface area (Å²) in [5, 5.41) is 13.5. The number of alkyl halides is 3. The van der Waals surface area contributed by atoms with Crippen LogP contribution in [-0.4, -0.2) is 17.1 Å². The molecule has 0 saturated heterocycles. The summed E-state index contributed by atoms with van der Waals surface area (Å²) >= 11 is 5.47. The third-order valence-corrected chi connectivity index (χ3v) is 2.54. The molecule has 0 aromatic heterocycles. The van der Waals surface area contributed by atoms with Gasteiger partial charge in [-0.25, -0.2) is 0 Å². The van der Waals surface area contributed by atoms with Gasteiger partial charge in [0, 0.05) is 5.69 Å². The van der Waals surface area contributed by atoms with E-state index in [1.165, 1.54) is 13.0 Å². The van der Waals surface area contributed by atoms with E-state index in [0.717, 1.165) is 12.1 Å². The van der Waals surface area contributed by atoms with E-state index in [1.807, 2.05) is 0 Å². The second-order valence-corrected chi connectivity index (χ2v) is 3.99. The summed E-state index contributed by atoms with van der Waals surface area (Å²) in [6.45, 7) is 1.54. The van der Waals surface area contributed by atoms with Gasteiger partial charge in [0.05, 0.1) is 16.6 Å². The second-order valence-electron chi connectivity index (χ2n) is 3.58. The number of benzene rings is 1. The van der Waals surface area contributed by atoms with Crippen molar-refractivity contribution in [2.75, 3.05) is 5.32 Å². The average molecular weight is 282 g/mol. The van der Waals surface area contributed by atoms with Gasteiger partial charge in [-0.3, -0.25) is 0 Å². The van der Waals surface area contributed by atoms with E-state index in [1.54, 1.807) is 0 Å². The van der Waals surface area contributed by atoms with Crippen LogP contribution in [0.15, 0.2) is 23.4 Å². The van der Waals surface area contributed by atoms with Crippen molar-refractivity contribution < 1.29 is 18.4 Å². The summed E-state index contributed by atoms with van der Waals surface area (Å²) in [6, 6.07) is 2.76. The predicted octanol–water partition coefficient (Wildman–Crippen LogP) is 2.91. The lowest BCUT2D eigenvalue weighted by Crippen LogP contribution is -2.32. The molecule has 100 valence electrons. The van der Waals surface area contributed by atoms with Gasteiger partial charge in [0.15, 0.2) is 5.84 Å². The smallest absolute Gasteiger partial charge is 0.409 e. The highest BCUT2D eigenvalue weighted by molar-refractivity contribution is 6.31. The molecule has 0 bridgehead atoms. The van der Waals surface area contributed by atoms with Crippen LogP contribution in [0.5, 0.6) is 0 Å². The average Bonchev–Trinajstić information content (AvgIpc) is 2.29. The summed E-state index contributed by atoms with van der Waals surface area (Å²) < 4.78 is 37.8. The van der Waals surface area contributed by atoms with Gasteiger partial charge in [-0.2, -0.15) is 13.2 Å². The number of nitrogens with one attached hydrogen (secondary N) is 1. The molecule has 1 unspecified atom stereocenters. The van der Waals surface area contributed by atoms with Crippen molar-refractivity contribution in [1.82, 2.24) is 0 Å². The van der Waals surface area contributed by atoms with Crippen LogP contribution in [0, 0.1) is 0 Å². The first-order valence-corrected chi connectivity index (χ1v) is 5.24. The van der Waals surface area contributed by atoms with E-state index >= 15 is 0 Å². The fourth-order valence-corrected chi connectivity index (χ4v) is 1.47. The molecule has 1 rings (SSSR count). The maximum atomic E-state index is 12.6. The second kappa shape index (κ2) is 5.34. The van der Waals surface area contributed by atoms with Crippen LogP contribution < -0.4 is 11.1 Å². The molecule has 4 N–H and O–H groups in total. The zero-order chi connectivity index (χ0) is 13.9. The lowest BCUT2D eigenvalue weighted by Gasteiger charge is -2.16. The third kappa shape index (κ3) is 3.43. The Hall–Kier alpha value is -1.63. The Morgan fingerprint density at radius 3 is 2.61 bits per heavy atom. The molecule has 1 aromatic carbocycles. The van der Waals surface area contributed by atoms with E-state index in [0.29, 0.717) is 0 Å². The van der Waals surface area contributed by atoms with Gasteiger partial charge in [-0.15, -0.1) is 0 Å². The zero-order valence-electron chi connectivity index (χ0n) is 9.29. The van der Waals surface area contributed by atoms with E-state index in [-0.39, 0.29) is 16.5 Å². The number of hydrogen-bond donors (Lipinski definition) is 3. The van der Waals surface area contributed by atoms with Crippen molar-refractivity contribution in [1.29, 1.82) is 0 Å². The Bertz CT molecular complexity index is 462. The minimum absolute atomic E-state index is 0.140. The van der Waals surface area contributed by atoms with Crippen LogP contribution in [0.1, 0.15) is 12.5 Å². The minimum atomic E-state index is -4.53. The largest absolute Gasteiger partial charge is 0.417 e. The highest BCUT2D eigenvalue weighted by atomic mass is 35.5. The third-order valence-electron chi connectivity index (χ3n) is 2.21. The monoisotopic (exact) mass is 281 g/mol. The molecule has 0 heterocycles. The molecule has 0 radical (unpaired) electrons. The highest BCUT2D eigenvalue weighted by Gasteiger charge is 2.33. The van der Waals surface area contributed by atoms with Gasteiger partial charge >= 0.3 is 6.18 Å². The molecule has 8 heteroatoms. The standard InChI is InChI=1S/C10H11ClF3N3O/c1-5(9(15)17-18)16-6-2-3-8(11)7(4-6)10(12,13)14/h2-5,16,18H,1H3,(H2,15,17). The summed E-state index contributed by atoms with van der Waals surface area (Å²) in [7, 11) is 0. The number of nitrogens with two attached hydrogens (primary N) is 1. The predicted molar refractivity (Wildman–Crippen MR) is 62.9 cm³/mol. The molecule has 18 heavy (non-hydrogen) atoms. The van der Waals surface area contributed by atoms with Crippen molar-refractivity contribution in [2.45, 2.75) is 19.1 Å². The first kappa shape index (κ1) is 14.4. The number of nitrogens with zero attached hydrogens (tertiary/aromatic N) is 1. The molecule has 0 fully saturated rings. The quantitative estimate of drug-likeness (QED) is 0.345. The lowest BCUT2D eigenvalue weighted by molar-refractivity contribution is -0.137. The maximum Gasteiger partial charge on any atom is 0.417 e. The van der Waals surface area contributed by atoms with Gasteiger partial charge in [-0.1, -0.05) is 16.8 Å². The Morgan fingerprint density at radius 2 is 2.11 bits per heavy atom. The number of rotatable bonds is 3. The van der Waals surface area contributed by atoms with Gasteiger partial charge in [0.25, 0.3) is 0 Å². The molecular weight excluding hydrogens is 271 g/mol. The molecule has 0 spiro atoms. The van der Waals surface area contributed by atoms with Crippen LogP contribution in [0.2, 0.25) is 5.02 Å². The SMILES string of the molecule is CC(Nc1ccc(Cl)c(C(F)(F)F)c1)C(N)=NO. The molecule has 0 aliphatic rings. The van der Waals surface area contributed by atoms with E-state index in [9.17, 15) is 13.2 Å². The molecule has 0 aliphatic carbocycles. The Labute approximate surface area is 106 Å². The number of oxime groups is 1. The van der Waals surface area contributed by atoms with Crippen LogP contribution >= 0.6 is 11.6 Å². The Kier molecular flexibility index (Phi) is 4.28. The summed E-state index contributed by atoms with van der Waals surface area (Å²) in [4.78, 5) is 0. The van der Waals surface area contributed by atoms with Gasteiger partial charge in [0.2, 0.25) is 0 Å². The molecule has 4 nitrogen and oxygen atoms in total. The fourth-order valence-electron chi connectivity index (χ4n) is 1.24. The van der Waals surface area contributed by atoms with Crippen molar-refractivity contribution in [3.63, 3.8) is 0 Å². The van der Waals surface area contributed by atoms with Crippen LogP contribution in [0.3, 0.4) is 0 Å². The zero-order valence-corrected chi connectivity index (χ0v) is 10.0. The first-order valence-electron chi connectivity index (χ1n) is 4.86. The molecule has 0 amide bonds. The fraction of sp³-hybridized carbons (Fsp3) is 0.300. The molecule has 0 aliphatic heterocycles. The number of anilines is 1. The topological polar surface area (TPSA) is 70.6 Å². The van der Waals surface area contributed by atoms with Crippen LogP contribution in [-0.2, 0) is 6.18 Å². The number of hydrogen-bond acceptors (Lipinski definition) is 3. The van der Waals surface area contributed by atoms with Crippen molar-refractivity contribution >= 4 is 23.1 Å². The molecule has 1 aromatic rings. The Balaban J connectivity index is 3.00. The van der Waals surface area contributed by atoms with Gasteiger partial charge < -0.3 is 16.3 Å². The summed E-state index contributed by atoms with van der Waals surface area (Å²) in [5.41, 5.74) is 4.54. The minimum Gasteiger partial charge on any atom is -0.409 e. The lowest BCUT2D eigenvalue weighted by atomic mass is 10.1. The first-order chi connectivity index (χ1) is 8.25. The molecule has 1 atom stereocenters. The van der Waals surface area contributed by atoms with Gasteiger partial charge in [0.1, 0.15) is 0 Å². The number of amidine groups is 1. The van der Waals surface area contributed by atoms with Crippen LogP contribution in [0.25, 0.3) is 0 Å². The Morgan fingerprint density at radius 1 is 1.50 bits per heavy atom. The molecule has 0 saturated carbocycles. The van der Waals surface area contributed by atoms with Crippen molar-refractivity contribution in [3.8, 4) is 0 Å².